The lowest BCUT2D eigenvalue weighted by Gasteiger charge is -2.28. The Morgan fingerprint density at radius 1 is 1.33 bits per heavy atom. The highest BCUT2D eigenvalue weighted by atomic mass is 16.5. The molecule has 1 saturated carbocycles. The summed E-state index contributed by atoms with van der Waals surface area (Å²) in [7, 11) is 1.37. The molecule has 5 nitrogen and oxygen atoms in total. The van der Waals surface area contributed by atoms with Crippen LogP contribution in [0.3, 0.4) is 0 Å². The average molecular weight is 254 g/mol. The Morgan fingerprint density at radius 3 is 2.61 bits per heavy atom. The van der Waals surface area contributed by atoms with Crippen LogP contribution in [-0.2, 0) is 14.3 Å². The van der Waals surface area contributed by atoms with Gasteiger partial charge in [-0.05, 0) is 25.7 Å². The summed E-state index contributed by atoms with van der Waals surface area (Å²) < 4.78 is 4.75. The number of nitrogens with zero attached hydrogens (tertiary/aromatic N) is 1. The van der Waals surface area contributed by atoms with Gasteiger partial charge in [-0.15, -0.1) is 0 Å². The summed E-state index contributed by atoms with van der Waals surface area (Å²) in [5.41, 5.74) is 5.87. The van der Waals surface area contributed by atoms with Crippen molar-refractivity contribution in [2.45, 2.75) is 56.5 Å². The van der Waals surface area contributed by atoms with Crippen molar-refractivity contribution in [2.24, 2.45) is 5.73 Å². The first kappa shape index (κ1) is 13.3. The summed E-state index contributed by atoms with van der Waals surface area (Å²) in [4.78, 5) is 25.5. The number of carbonyl (C=O) groups excluding carboxylic acids is 2. The van der Waals surface area contributed by atoms with Gasteiger partial charge in [0.15, 0.2) is 0 Å². The second-order valence-electron chi connectivity index (χ2n) is 5.51. The molecule has 2 rings (SSSR count). The molecule has 2 N–H and O–H groups in total. The van der Waals surface area contributed by atoms with Crippen LogP contribution in [0.25, 0.3) is 0 Å². The van der Waals surface area contributed by atoms with Crippen LogP contribution in [-0.4, -0.2) is 42.0 Å². The number of carbonyl (C=O) groups is 2. The van der Waals surface area contributed by atoms with Crippen LogP contribution >= 0.6 is 0 Å². The Morgan fingerprint density at radius 2 is 2.00 bits per heavy atom. The highest BCUT2D eigenvalue weighted by Gasteiger charge is 2.39. The van der Waals surface area contributed by atoms with Crippen LogP contribution in [0.1, 0.15) is 44.9 Å². The molecule has 1 amide bonds. The summed E-state index contributed by atoms with van der Waals surface area (Å²) in [6, 6.07) is -0.396. The van der Waals surface area contributed by atoms with Gasteiger partial charge < -0.3 is 15.4 Å². The minimum Gasteiger partial charge on any atom is -0.467 e. The molecule has 102 valence electrons. The number of likely N-dealkylation sites (tertiary alicyclic amines) is 1. The third-order valence-electron chi connectivity index (χ3n) is 4.15. The first-order valence-electron chi connectivity index (χ1n) is 6.72. The molecule has 1 aliphatic heterocycles. The number of rotatable bonds is 3. The number of esters is 1. The van der Waals surface area contributed by atoms with Crippen LogP contribution in [0.2, 0.25) is 0 Å². The molecule has 0 aromatic carbocycles. The molecule has 18 heavy (non-hydrogen) atoms. The van der Waals surface area contributed by atoms with Gasteiger partial charge in [0, 0.05) is 18.5 Å². The highest BCUT2D eigenvalue weighted by molar-refractivity contribution is 5.85. The first-order valence-corrected chi connectivity index (χ1v) is 6.72. The molecule has 1 atom stereocenters. The summed E-state index contributed by atoms with van der Waals surface area (Å²) in [6.07, 6.45) is 5.96. The molecule has 5 heteroatoms. The van der Waals surface area contributed by atoms with Crippen LogP contribution in [0, 0.1) is 0 Å². The molecular formula is C13H22N2O3. The van der Waals surface area contributed by atoms with E-state index in [2.05, 4.69) is 0 Å². The van der Waals surface area contributed by atoms with Gasteiger partial charge in [0.1, 0.15) is 6.04 Å². The molecule has 0 bridgehead atoms. The number of ether oxygens (including phenoxy) is 1. The first-order chi connectivity index (χ1) is 8.56. The van der Waals surface area contributed by atoms with Gasteiger partial charge in [-0.25, -0.2) is 4.79 Å². The topological polar surface area (TPSA) is 72.6 Å². The molecule has 1 unspecified atom stereocenters. The lowest BCUT2D eigenvalue weighted by atomic mass is 9.94. The van der Waals surface area contributed by atoms with Crippen LogP contribution in [0.4, 0.5) is 0 Å². The maximum atomic E-state index is 12.3. The van der Waals surface area contributed by atoms with E-state index in [0.717, 1.165) is 32.1 Å². The lowest BCUT2D eigenvalue weighted by molar-refractivity contribution is -0.151. The van der Waals surface area contributed by atoms with Crippen molar-refractivity contribution in [3.8, 4) is 0 Å². The predicted octanol–water partition coefficient (Wildman–Crippen LogP) is 0.812. The van der Waals surface area contributed by atoms with Crippen molar-refractivity contribution >= 4 is 11.9 Å². The van der Waals surface area contributed by atoms with E-state index in [9.17, 15) is 9.59 Å². The molecule has 0 radical (unpaired) electrons. The van der Waals surface area contributed by atoms with E-state index in [-0.39, 0.29) is 17.4 Å². The fourth-order valence-corrected chi connectivity index (χ4v) is 3.10. The molecule has 1 heterocycles. The number of hydrogen-bond acceptors (Lipinski definition) is 4. The fraction of sp³-hybridized carbons (Fsp3) is 0.846. The van der Waals surface area contributed by atoms with Crippen molar-refractivity contribution in [2.75, 3.05) is 13.7 Å². The average Bonchev–Trinajstić information content (AvgIpc) is 2.96. The lowest BCUT2D eigenvalue weighted by Crippen LogP contribution is -2.47. The Labute approximate surface area is 108 Å². The largest absolute Gasteiger partial charge is 0.467 e. The molecule has 0 spiro atoms. The van der Waals surface area contributed by atoms with Gasteiger partial charge >= 0.3 is 5.97 Å². The number of nitrogens with two attached hydrogens (primary N) is 1. The summed E-state index contributed by atoms with van der Waals surface area (Å²) in [5, 5.41) is 0. The second-order valence-corrected chi connectivity index (χ2v) is 5.51. The van der Waals surface area contributed by atoms with Gasteiger partial charge in [-0.3, -0.25) is 4.79 Å². The molecule has 2 aliphatic rings. The van der Waals surface area contributed by atoms with Crippen molar-refractivity contribution < 1.29 is 14.3 Å². The summed E-state index contributed by atoms with van der Waals surface area (Å²) in [6.45, 7) is 0.648. The van der Waals surface area contributed by atoms with Crippen LogP contribution < -0.4 is 5.73 Å². The Kier molecular flexibility index (Phi) is 3.90. The van der Waals surface area contributed by atoms with Gasteiger partial charge in [0.25, 0.3) is 0 Å². The monoisotopic (exact) mass is 254 g/mol. The van der Waals surface area contributed by atoms with Gasteiger partial charge in [-0.1, -0.05) is 12.8 Å². The molecule has 2 fully saturated rings. The van der Waals surface area contributed by atoms with Crippen molar-refractivity contribution in [1.29, 1.82) is 0 Å². The highest BCUT2D eigenvalue weighted by Crippen LogP contribution is 2.31. The van der Waals surface area contributed by atoms with Gasteiger partial charge in [-0.2, -0.15) is 0 Å². The van der Waals surface area contributed by atoms with E-state index >= 15 is 0 Å². The number of hydrogen-bond donors (Lipinski definition) is 1. The maximum Gasteiger partial charge on any atom is 0.328 e. The Bertz CT molecular complexity index is 337. The van der Waals surface area contributed by atoms with Crippen molar-refractivity contribution in [1.82, 2.24) is 4.90 Å². The zero-order valence-corrected chi connectivity index (χ0v) is 11.0. The Hall–Kier alpha value is -1.10. The van der Waals surface area contributed by atoms with Gasteiger partial charge in [0.05, 0.1) is 7.11 Å². The quantitative estimate of drug-likeness (QED) is 0.756. The predicted molar refractivity (Wildman–Crippen MR) is 66.8 cm³/mol. The SMILES string of the molecule is COC(=O)C1CCCN1C(=O)CC1(N)CCCC1. The third kappa shape index (κ3) is 2.66. The van der Waals surface area contributed by atoms with Crippen molar-refractivity contribution in [3.63, 3.8) is 0 Å². The van der Waals surface area contributed by atoms with Crippen LogP contribution in [0.5, 0.6) is 0 Å². The maximum absolute atomic E-state index is 12.3. The Balaban J connectivity index is 1.97. The molecule has 1 saturated heterocycles. The number of methoxy groups -OCH3 is 1. The smallest absolute Gasteiger partial charge is 0.328 e. The minimum atomic E-state index is -0.396. The summed E-state index contributed by atoms with van der Waals surface area (Å²) in [5.74, 6) is -0.300. The molecular weight excluding hydrogens is 232 g/mol. The molecule has 1 aliphatic carbocycles. The number of amides is 1. The van der Waals surface area contributed by atoms with Crippen molar-refractivity contribution in [3.05, 3.63) is 0 Å². The van der Waals surface area contributed by atoms with E-state index in [0.29, 0.717) is 19.4 Å². The van der Waals surface area contributed by atoms with Gasteiger partial charge in [0.2, 0.25) is 5.91 Å². The normalized spacial score (nSPS) is 26.3. The minimum absolute atomic E-state index is 0.00676. The summed E-state index contributed by atoms with van der Waals surface area (Å²) >= 11 is 0. The molecule has 0 aromatic heterocycles. The zero-order valence-electron chi connectivity index (χ0n) is 11.0. The van der Waals surface area contributed by atoms with E-state index in [4.69, 9.17) is 10.5 Å². The van der Waals surface area contributed by atoms with E-state index < -0.39 is 6.04 Å². The standard InChI is InChI=1S/C13H22N2O3/c1-18-12(17)10-5-4-8-15(10)11(16)9-13(14)6-2-3-7-13/h10H,2-9,14H2,1H3. The third-order valence-corrected chi connectivity index (χ3v) is 4.15. The van der Waals surface area contributed by atoms with E-state index in [1.54, 1.807) is 4.90 Å². The van der Waals surface area contributed by atoms with E-state index in [1.807, 2.05) is 0 Å². The second kappa shape index (κ2) is 5.26. The van der Waals surface area contributed by atoms with Crippen LogP contribution in [0.15, 0.2) is 0 Å². The fourth-order valence-electron chi connectivity index (χ4n) is 3.10. The molecule has 0 aromatic rings. The van der Waals surface area contributed by atoms with E-state index in [1.165, 1.54) is 7.11 Å². The zero-order chi connectivity index (χ0) is 13.2.